The first-order valence-corrected chi connectivity index (χ1v) is 6.93. The number of rotatable bonds is 6. The van der Waals surface area contributed by atoms with E-state index in [-0.39, 0.29) is 12.5 Å². The van der Waals surface area contributed by atoms with Crippen molar-refractivity contribution in [3.05, 3.63) is 18.2 Å². The Balaban J connectivity index is 1.64. The number of nitrogens with zero attached hydrogens (tertiary/aromatic N) is 2. The molecule has 6 nitrogen and oxygen atoms in total. The van der Waals surface area contributed by atoms with Crippen LogP contribution in [0, 0.1) is 0 Å². The number of aromatic nitrogens is 2. The number of piperidine rings is 1. The van der Waals surface area contributed by atoms with Crippen LogP contribution in [0.25, 0.3) is 0 Å². The van der Waals surface area contributed by atoms with Gasteiger partial charge in [-0.1, -0.05) is 6.42 Å². The predicted molar refractivity (Wildman–Crippen MR) is 71.8 cm³/mol. The minimum atomic E-state index is -0.164. The number of amides is 1. The van der Waals surface area contributed by atoms with Crippen molar-refractivity contribution in [3.63, 3.8) is 0 Å². The summed E-state index contributed by atoms with van der Waals surface area (Å²) >= 11 is 0. The summed E-state index contributed by atoms with van der Waals surface area (Å²) in [5, 5.41) is 12.1. The molecule has 1 saturated heterocycles. The summed E-state index contributed by atoms with van der Waals surface area (Å²) in [7, 11) is 0. The molecule has 1 fully saturated rings. The second kappa shape index (κ2) is 7.25. The number of aliphatic hydroxyl groups is 1. The van der Waals surface area contributed by atoms with E-state index in [4.69, 9.17) is 0 Å². The third kappa shape index (κ3) is 4.04. The number of hydrogen-bond donors (Lipinski definition) is 3. The minimum absolute atomic E-state index is 0.164. The van der Waals surface area contributed by atoms with Crippen molar-refractivity contribution in [2.75, 3.05) is 26.2 Å². The molecule has 1 aromatic rings. The van der Waals surface area contributed by atoms with E-state index in [9.17, 15) is 9.90 Å². The van der Waals surface area contributed by atoms with Crippen LogP contribution in [-0.2, 0) is 0 Å². The minimum Gasteiger partial charge on any atom is -0.395 e. The zero-order valence-electron chi connectivity index (χ0n) is 11.1. The van der Waals surface area contributed by atoms with Crippen LogP contribution in [0.1, 0.15) is 36.3 Å². The van der Waals surface area contributed by atoms with E-state index < -0.39 is 0 Å². The average Bonchev–Trinajstić information content (AvgIpc) is 2.98. The summed E-state index contributed by atoms with van der Waals surface area (Å²) in [6.45, 7) is 2.84. The van der Waals surface area contributed by atoms with Crippen molar-refractivity contribution in [1.82, 2.24) is 20.2 Å². The number of carbonyl (C=O) groups excluding carboxylic acids is 1. The lowest BCUT2D eigenvalue weighted by atomic mass is 10.0. The summed E-state index contributed by atoms with van der Waals surface area (Å²) < 4.78 is 0. The van der Waals surface area contributed by atoms with E-state index in [1.807, 2.05) is 0 Å². The summed E-state index contributed by atoms with van der Waals surface area (Å²) in [5.41, 5.74) is 0. The zero-order valence-corrected chi connectivity index (χ0v) is 11.1. The maximum atomic E-state index is 11.6. The van der Waals surface area contributed by atoms with Gasteiger partial charge in [0.1, 0.15) is 0 Å². The number of nitrogens with one attached hydrogen (secondary N) is 2. The molecule has 106 valence electrons. The second-order valence-electron chi connectivity index (χ2n) is 4.92. The fourth-order valence-electron chi connectivity index (χ4n) is 2.52. The zero-order chi connectivity index (χ0) is 13.5. The molecule has 2 heterocycles. The van der Waals surface area contributed by atoms with Gasteiger partial charge < -0.3 is 15.4 Å². The summed E-state index contributed by atoms with van der Waals surface area (Å²) in [5.74, 6) is 0.188. The first-order valence-electron chi connectivity index (χ1n) is 6.93. The highest BCUT2D eigenvalue weighted by Crippen LogP contribution is 2.16. The molecular weight excluding hydrogens is 244 g/mol. The van der Waals surface area contributed by atoms with Gasteiger partial charge in [-0.25, -0.2) is 4.98 Å². The summed E-state index contributed by atoms with van der Waals surface area (Å²) in [6.07, 6.45) is 7.58. The maximum Gasteiger partial charge on any atom is 0.287 e. The lowest BCUT2D eigenvalue weighted by molar-refractivity contribution is 0.0865. The van der Waals surface area contributed by atoms with Crippen molar-refractivity contribution in [3.8, 4) is 0 Å². The number of carbonyl (C=O) groups is 1. The first kappa shape index (κ1) is 14.0. The Bertz CT molecular complexity index is 380. The molecule has 6 heteroatoms. The predicted octanol–water partition coefficient (Wildman–Crippen LogP) is 0.376. The van der Waals surface area contributed by atoms with Crippen LogP contribution in [0.3, 0.4) is 0 Å². The third-order valence-corrected chi connectivity index (χ3v) is 3.58. The molecule has 1 aliphatic rings. The smallest absolute Gasteiger partial charge is 0.287 e. The molecule has 1 atom stereocenters. The van der Waals surface area contributed by atoms with Gasteiger partial charge in [-0.3, -0.25) is 9.69 Å². The number of H-pyrrole nitrogens is 1. The van der Waals surface area contributed by atoms with Crippen LogP contribution in [-0.4, -0.2) is 58.2 Å². The van der Waals surface area contributed by atoms with Crippen molar-refractivity contribution in [2.24, 2.45) is 0 Å². The summed E-state index contributed by atoms with van der Waals surface area (Å²) in [4.78, 5) is 20.6. The number of aliphatic hydroxyl groups excluding tert-OH is 1. The van der Waals surface area contributed by atoms with Gasteiger partial charge >= 0.3 is 0 Å². The first-order chi connectivity index (χ1) is 9.31. The Morgan fingerprint density at radius 2 is 2.47 bits per heavy atom. The fraction of sp³-hybridized carbons (Fsp3) is 0.692. The Hall–Kier alpha value is -1.40. The van der Waals surface area contributed by atoms with Gasteiger partial charge in [0.2, 0.25) is 0 Å². The highest BCUT2D eigenvalue weighted by atomic mass is 16.3. The average molecular weight is 266 g/mol. The van der Waals surface area contributed by atoms with Gasteiger partial charge in [0.05, 0.1) is 6.61 Å². The van der Waals surface area contributed by atoms with Gasteiger partial charge in [0, 0.05) is 31.5 Å². The quantitative estimate of drug-likeness (QED) is 0.650. The third-order valence-electron chi connectivity index (χ3n) is 3.58. The van der Waals surface area contributed by atoms with Crippen molar-refractivity contribution in [2.45, 2.75) is 31.7 Å². The van der Waals surface area contributed by atoms with Gasteiger partial charge in [0.15, 0.2) is 5.82 Å². The van der Waals surface area contributed by atoms with E-state index in [1.165, 1.54) is 12.8 Å². The molecule has 1 amide bonds. The molecule has 19 heavy (non-hydrogen) atoms. The van der Waals surface area contributed by atoms with Crippen LogP contribution in [0.2, 0.25) is 0 Å². The molecule has 1 unspecified atom stereocenters. The topological polar surface area (TPSA) is 81.2 Å². The lowest BCUT2D eigenvalue weighted by Crippen LogP contribution is -2.43. The lowest BCUT2D eigenvalue weighted by Gasteiger charge is -2.34. The van der Waals surface area contributed by atoms with E-state index in [1.54, 1.807) is 12.4 Å². The number of hydrogen-bond acceptors (Lipinski definition) is 4. The number of imidazole rings is 1. The van der Waals surface area contributed by atoms with Crippen molar-refractivity contribution >= 4 is 5.91 Å². The molecule has 0 aliphatic carbocycles. The fourth-order valence-corrected chi connectivity index (χ4v) is 2.52. The maximum absolute atomic E-state index is 11.6. The molecule has 0 aromatic carbocycles. The van der Waals surface area contributed by atoms with Crippen LogP contribution in [0.5, 0.6) is 0 Å². The van der Waals surface area contributed by atoms with Crippen LogP contribution in [0.15, 0.2) is 12.4 Å². The highest BCUT2D eigenvalue weighted by molar-refractivity contribution is 5.90. The molecule has 1 aliphatic heterocycles. The van der Waals surface area contributed by atoms with E-state index in [0.717, 1.165) is 25.9 Å². The monoisotopic (exact) mass is 266 g/mol. The molecule has 2 rings (SSSR count). The van der Waals surface area contributed by atoms with E-state index >= 15 is 0 Å². The molecular formula is C13H22N4O2. The van der Waals surface area contributed by atoms with Crippen LogP contribution >= 0.6 is 0 Å². The molecule has 3 N–H and O–H groups in total. The standard InChI is InChI=1S/C13H22N4O2/c18-10-11-4-1-2-8-17(11)9-3-5-16-13(19)12-14-6-7-15-12/h6-7,11,18H,1-5,8-10H2,(H,14,15)(H,16,19). The van der Waals surface area contributed by atoms with Gasteiger partial charge in [0.25, 0.3) is 5.91 Å². The van der Waals surface area contributed by atoms with E-state index in [2.05, 4.69) is 20.2 Å². The van der Waals surface area contributed by atoms with E-state index in [0.29, 0.717) is 18.4 Å². The Kier molecular flexibility index (Phi) is 5.35. The highest BCUT2D eigenvalue weighted by Gasteiger charge is 2.20. The van der Waals surface area contributed by atoms with Crippen LogP contribution in [0.4, 0.5) is 0 Å². The van der Waals surface area contributed by atoms with Gasteiger partial charge in [-0.15, -0.1) is 0 Å². The Labute approximate surface area is 113 Å². The Morgan fingerprint density at radius 3 is 3.21 bits per heavy atom. The molecule has 0 radical (unpaired) electrons. The second-order valence-corrected chi connectivity index (χ2v) is 4.92. The summed E-state index contributed by atoms with van der Waals surface area (Å²) in [6, 6.07) is 0.300. The van der Waals surface area contributed by atoms with Crippen molar-refractivity contribution < 1.29 is 9.90 Å². The molecule has 0 saturated carbocycles. The normalized spacial score (nSPS) is 20.4. The number of aromatic amines is 1. The molecule has 1 aromatic heterocycles. The molecule has 0 spiro atoms. The van der Waals surface area contributed by atoms with Gasteiger partial charge in [-0.2, -0.15) is 0 Å². The van der Waals surface area contributed by atoms with Crippen molar-refractivity contribution in [1.29, 1.82) is 0 Å². The SMILES string of the molecule is O=C(NCCCN1CCCCC1CO)c1ncc[nH]1. The van der Waals surface area contributed by atoms with Gasteiger partial charge in [-0.05, 0) is 25.8 Å². The van der Waals surface area contributed by atoms with Crippen LogP contribution < -0.4 is 5.32 Å². The molecule has 0 bridgehead atoms. The largest absolute Gasteiger partial charge is 0.395 e. The number of likely N-dealkylation sites (tertiary alicyclic amines) is 1. The Morgan fingerprint density at radius 1 is 1.58 bits per heavy atom.